The van der Waals surface area contributed by atoms with Crippen molar-refractivity contribution >= 4 is 0 Å². The van der Waals surface area contributed by atoms with E-state index in [-0.39, 0.29) is 60.2 Å². The van der Waals surface area contributed by atoms with Crippen LogP contribution in [0.3, 0.4) is 0 Å². The first kappa shape index (κ1) is 39.6. The Labute approximate surface area is 339 Å². The number of rotatable bonds is 0. The van der Waals surface area contributed by atoms with Crippen LogP contribution in [-0.2, 0) is 10.8 Å². The maximum absolute atomic E-state index is 4.26. The zero-order valence-electron chi connectivity index (χ0n) is 36.8. The lowest BCUT2D eigenvalue weighted by atomic mass is 9.65. The normalized spacial score (nSPS) is 39.9. The van der Waals surface area contributed by atoms with Crippen molar-refractivity contribution < 1.29 is 0 Å². The molecule has 8 bridgehead atoms. The third-order valence-corrected chi connectivity index (χ3v) is 16.0. The van der Waals surface area contributed by atoms with E-state index in [1.807, 2.05) is 0 Å². The topological polar surface area (TPSA) is 96.2 Å². The summed E-state index contributed by atoms with van der Waals surface area (Å²) in [5.41, 5.74) is 9.16. The van der Waals surface area contributed by atoms with Gasteiger partial charge in [-0.25, -0.2) is 0 Å². The number of hydrogen-bond acceptors (Lipinski definition) is 8. The predicted molar refractivity (Wildman–Crippen MR) is 229 cm³/mol. The Hall–Kier alpha value is -1.88. The minimum atomic E-state index is 0.0558. The molecular weight excluding hydrogens is 689 g/mol. The monoisotopic (exact) mass is 765 g/mol. The zero-order valence-corrected chi connectivity index (χ0v) is 36.8. The molecule has 0 spiro atoms. The van der Waals surface area contributed by atoms with E-state index >= 15 is 0 Å². The highest BCUT2D eigenvalue weighted by molar-refractivity contribution is 5.43. The molecule has 8 nitrogen and oxygen atoms in total. The summed E-state index contributed by atoms with van der Waals surface area (Å²) in [6.07, 6.45) is 8.62. The van der Waals surface area contributed by atoms with Crippen LogP contribution in [0.4, 0.5) is 0 Å². The third-order valence-electron chi connectivity index (χ3n) is 16.0. The second-order valence-electron chi connectivity index (χ2n) is 23.6. The van der Waals surface area contributed by atoms with Crippen LogP contribution in [0.2, 0.25) is 0 Å². The number of nitrogens with one attached hydrogen (secondary N) is 8. The van der Waals surface area contributed by atoms with Crippen LogP contribution in [0.1, 0.15) is 180 Å². The molecule has 0 aromatic heterocycles. The summed E-state index contributed by atoms with van der Waals surface area (Å²) < 4.78 is 0. The maximum Gasteiger partial charge on any atom is 0.0865 e. The number of fused-ring (bicyclic) bond motifs is 20. The van der Waals surface area contributed by atoms with E-state index in [1.165, 1.54) is 71.9 Å². The van der Waals surface area contributed by atoms with Crippen LogP contribution in [0.15, 0.2) is 36.4 Å². The minimum absolute atomic E-state index is 0.0558. The molecule has 5 aliphatic heterocycles. The van der Waals surface area contributed by atoms with Gasteiger partial charge in [-0.05, 0) is 129 Å². The molecular formula is C48H76N8. The van der Waals surface area contributed by atoms with E-state index in [2.05, 4.69) is 162 Å². The fourth-order valence-electron chi connectivity index (χ4n) is 12.3. The van der Waals surface area contributed by atoms with Crippen molar-refractivity contribution in [3.8, 4) is 0 Å². The molecule has 8 heteroatoms. The fraction of sp³-hybridized carbons (Fsp3) is 0.750. The van der Waals surface area contributed by atoms with Gasteiger partial charge >= 0.3 is 0 Å². The van der Waals surface area contributed by atoms with E-state index in [4.69, 9.17) is 0 Å². The van der Waals surface area contributed by atoms with Crippen molar-refractivity contribution in [2.24, 2.45) is 46.3 Å². The van der Waals surface area contributed by atoms with Crippen molar-refractivity contribution in [2.75, 3.05) is 0 Å². The number of benzene rings is 2. The lowest BCUT2D eigenvalue weighted by Crippen LogP contribution is -2.55. The Kier molecular flexibility index (Phi) is 9.78. The smallest absolute Gasteiger partial charge is 0.0865 e. The van der Waals surface area contributed by atoms with Crippen molar-refractivity contribution in [3.05, 3.63) is 69.8 Å². The van der Waals surface area contributed by atoms with E-state index in [0.29, 0.717) is 46.3 Å². The van der Waals surface area contributed by atoms with Gasteiger partial charge in [0.1, 0.15) is 0 Å². The fourth-order valence-corrected chi connectivity index (χ4v) is 12.3. The summed E-state index contributed by atoms with van der Waals surface area (Å²) >= 11 is 0. The molecule has 14 unspecified atom stereocenters. The molecule has 3 saturated heterocycles. The summed E-state index contributed by atoms with van der Waals surface area (Å²) in [5, 5.41) is 33.8. The molecule has 0 radical (unpaired) electrons. The van der Waals surface area contributed by atoms with E-state index < -0.39 is 0 Å². The first-order valence-corrected chi connectivity index (χ1v) is 22.6. The molecule has 2 saturated carbocycles. The predicted octanol–water partition coefficient (Wildman–Crippen LogP) is 8.22. The van der Waals surface area contributed by atoms with Crippen molar-refractivity contribution in [1.82, 2.24) is 42.5 Å². The second kappa shape index (κ2) is 13.8. The molecule has 14 atom stereocenters. The largest absolute Gasteiger partial charge is 0.286 e. The summed E-state index contributed by atoms with van der Waals surface area (Å²) in [6.45, 7) is 28.8. The molecule has 56 heavy (non-hydrogen) atoms. The molecule has 5 fully saturated rings. The van der Waals surface area contributed by atoms with Gasteiger partial charge in [-0.3, -0.25) is 42.5 Å². The van der Waals surface area contributed by atoms with Gasteiger partial charge in [0.2, 0.25) is 0 Å². The molecule has 5 heterocycles. The van der Waals surface area contributed by atoms with Crippen LogP contribution in [-0.4, -0.2) is 24.7 Å². The molecule has 7 aliphatic rings. The lowest BCUT2D eigenvalue weighted by molar-refractivity contribution is 0.0857. The van der Waals surface area contributed by atoms with Crippen molar-refractivity contribution in [1.29, 1.82) is 0 Å². The molecule has 308 valence electrons. The highest BCUT2D eigenvalue weighted by Gasteiger charge is 2.53. The Morgan fingerprint density at radius 3 is 1.05 bits per heavy atom. The molecule has 2 aromatic carbocycles. The zero-order chi connectivity index (χ0) is 39.7. The standard InChI is InChI=1S/C48H76N8/c1-45(2,3)25-13-17-29-33(21-25)41-49-37(29)54-42-35-23-27(47(7,8)9)15-19-31(35)39(51-42)56-44-36-24-28(48(10,11)12)16-20-32(36)40(52-44)55-43-34-22-26(46(4,5)6)14-18-30(34)38(50-43)53-41/h13,16-17,20-21,24,26-27,30-31,34-35,37-44,49-56H,14-15,18-19,22-23H2,1-12H3. The highest BCUT2D eigenvalue weighted by atomic mass is 15.4. The van der Waals surface area contributed by atoms with Gasteiger partial charge in [-0.2, -0.15) is 0 Å². The van der Waals surface area contributed by atoms with Gasteiger partial charge in [-0.15, -0.1) is 0 Å². The average Bonchev–Trinajstić information content (AvgIpc) is 3.84. The summed E-state index contributed by atoms with van der Waals surface area (Å²) in [7, 11) is 0. The van der Waals surface area contributed by atoms with Crippen molar-refractivity contribution in [3.63, 3.8) is 0 Å². The van der Waals surface area contributed by atoms with Gasteiger partial charge in [0.25, 0.3) is 0 Å². The van der Waals surface area contributed by atoms with E-state index in [1.54, 1.807) is 0 Å². The van der Waals surface area contributed by atoms with Crippen LogP contribution in [0.25, 0.3) is 0 Å². The third kappa shape index (κ3) is 7.14. The van der Waals surface area contributed by atoms with E-state index in [9.17, 15) is 0 Å². The Morgan fingerprint density at radius 1 is 0.375 bits per heavy atom. The number of hydrogen-bond donors (Lipinski definition) is 8. The SMILES string of the molecule is CC(C)(C)c1ccc2c(c1)C1NC2NC2NC(NC3NC(NC4NC(N1)C1CCC(C(C)(C)C)CC41)c1ccc(C(C)(C)C)cc13)C1CCC(C(C)(C)C)CC21. The Bertz CT molecular complexity index is 1650. The average molecular weight is 765 g/mol. The first-order chi connectivity index (χ1) is 26.2. The summed E-state index contributed by atoms with van der Waals surface area (Å²) in [6, 6.07) is 14.6. The molecule has 2 aromatic rings. The molecule has 0 amide bonds. The van der Waals surface area contributed by atoms with E-state index in [0.717, 1.165) is 0 Å². The van der Waals surface area contributed by atoms with Gasteiger partial charge < -0.3 is 0 Å². The van der Waals surface area contributed by atoms with Crippen LogP contribution >= 0.6 is 0 Å². The summed E-state index contributed by atoms with van der Waals surface area (Å²) in [5.74, 6) is 3.62. The molecule has 9 rings (SSSR count). The van der Waals surface area contributed by atoms with Crippen LogP contribution < -0.4 is 42.5 Å². The Morgan fingerprint density at radius 2 is 0.714 bits per heavy atom. The van der Waals surface area contributed by atoms with Crippen LogP contribution in [0.5, 0.6) is 0 Å². The van der Waals surface area contributed by atoms with Gasteiger partial charge in [0.15, 0.2) is 0 Å². The quantitative estimate of drug-likeness (QED) is 0.136. The Balaban J connectivity index is 1.12. The minimum Gasteiger partial charge on any atom is -0.286 e. The maximum atomic E-state index is 4.26. The van der Waals surface area contributed by atoms with Gasteiger partial charge in [0.05, 0.1) is 49.3 Å². The molecule has 2 aliphatic carbocycles. The lowest BCUT2D eigenvalue weighted by Gasteiger charge is -2.42. The first-order valence-electron chi connectivity index (χ1n) is 22.6. The van der Waals surface area contributed by atoms with Gasteiger partial charge in [-0.1, -0.05) is 119 Å². The van der Waals surface area contributed by atoms with Crippen LogP contribution in [0, 0.1) is 46.3 Å². The highest BCUT2D eigenvalue weighted by Crippen LogP contribution is 2.50. The second-order valence-corrected chi connectivity index (χ2v) is 23.6. The van der Waals surface area contributed by atoms with Gasteiger partial charge in [0, 0.05) is 0 Å². The molecule has 8 N–H and O–H groups in total. The summed E-state index contributed by atoms with van der Waals surface area (Å²) in [4.78, 5) is 0. The van der Waals surface area contributed by atoms with Crippen molar-refractivity contribution in [2.45, 2.75) is 182 Å².